The average Bonchev–Trinajstić information content (AvgIpc) is 3.16. The van der Waals surface area contributed by atoms with Crippen LogP contribution in [0.15, 0.2) is 0 Å². The zero-order valence-electron chi connectivity index (χ0n) is 38.3. The molecule has 0 aliphatic carbocycles. The first kappa shape index (κ1) is 54.4. The molecule has 6 heteroatoms. The lowest BCUT2D eigenvalue weighted by Gasteiger charge is -2.18. The van der Waals surface area contributed by atoms with Gasteiger partial charge >= 0.3 is 17.9 Å². The fourth-order valence-electron chi connectivity index (χ4n) is 7.46. The molecule has 0 unspecified atom stereocenters. The number of carbonyl (C=O) groups excluding carboxylic acids is 3. The number of hydrogen-bond acceptors (Lipinski definition) is 6. The SMILES string of the molecule is CCCCCCCCCC(=O)OC[C@H](COC(=O)CCCCCCCCCCCCCCCCCCC(C)C)OC(=O)CCCCCCCCCCCC(C)C. The molecule has 0 heterocycles. The molecule has 0 fully saturated rings. The number of unbranched alkanes of at least 4 members (excludes halogenated alkanes) is 29. The van der Waals surface area contributed by atoms with Gasteiger partial charge in [-0.25, -0.2) is 0 Å². The molecule has 0 radical (unpaired) electrons. The molecule has 6 nitrogen and oxygen atoms in total. The Labute approximate surface area is 348 Å². The molecule has 0 spiro atoms. The molecule has 0 aliphatic heterocycles. The van der Waals surface area contributed by atoms with Crippen LogP contribution in [-0.4, -0.2) is 37.2 Å². The van der Waals surface area contributed by atoms with Crippen molar-refractivity contribution in [2.24, 2.45) is 11.8 Å². The molecule has 0 N–H and O–H groups in total. The fourth-order valence-corrected chi connectivity index (χ4v) is 7.46. The van der Waals surface area contributed by atoms with Gasteiger partial charge in [0, 0.05) is 19.3 Å². The highest BCUT2D eigenvalue weighted by Gasteiger charge is 2.19. The van der Waals surface area contributed by atoms with E-state index in [4.69, 9.17) is 14.2 Å². The second kappa shape index (κ2) is 43.0. The van der Waals surface area contributed by atoms with Gasteiger partial charge in [0.2, 0.25) is 0 Å². The van der Waals surface area contributed by atoms with E-state index in [0.717, 1.165) is 69.6 Å². The zero-order chi connectivity index (χ0) is 41.2. The Kier molecular flexibility index (Phi) is 41.8. The first-order chi connectivity index (χ1) is 27.2. The van der Waals surface area contributed by atoms with Gasteiger partial charge in [0.05, 0.1) is 0 Å². The smallest absolute Gasteiger partial charge is 0.306 e. The minimum atomic E-state index is -0.760. The van der Waals surface area contributed by atoms with Gasteiger partial charge in [0.1, 0.15) is 13.2 Å². The average molecular weight is 793 g/mol. The van der Waals surface area contributed by atoms with Gasteiger partial charge < -0.3 is 14.2 Å². The Hall–Kier alpha value is -1.59. The van der Waals surface area contributed by atoms with Crippen LogP contribution in [0.1, 0.15) is 272 Å². The molecule has 56 heavy (non-hydrogen) atoms. The highest BCUT2D eigenvalue weighted by atomic mass is 16.6. The Morgan fingerprint density at radius 3 is 0.875 bits per heavy atom. The van der Waals surface area contributed by atoms with Gasteiger partial charge in [-0.3, -0.25) is 14.4 Å². The lowest BCUT2D eigenvalue weighted by atomic mass is 10.0. The van der Waals surface area contributed by atoms with Crippen LogP contribution in [-0.2, 0) is 28.6 Å². The van der Waals surface area contributed by atoms with Crippen LogP contribution in [0.2, 0.25) is 0 Å². The molecule has 0 saturated heterocycles. The Morgan fingerprint density at radius 1 is 0.339 bits per heavy atom. The summed E-state index contributed by atoms with van der Waals surface area (Å²) in [6.07, 6.45) is 42.5. The minimum Gasteiger partial charge on any atom is -0.462 e. The number of hydrogen-bond donors (Lipinski definition) is 0. The normalized spacial score (nSPS) is 12.1. The Balaban J connectivity index is 4.17. The van der Waals surface area contributed by atoms with Crippen LogP contribution in [0, 0.1) is 11.8 Å². The summed E-state index contributed by atoms with van der Waals surface area (Å²) in [5.41, 5.74) is 0. The molecular formula is C50H96O6. The van der Waals surface area contributed by atoms with Crippen LogP contribution in [0.5, 0.6) is 0 Å². The van der Waals surface area contributed by atoms with Crippen LogP contribution >= 0.6 is 0 Å². The van der Waals surface area contributed by atoms with Crippen molar-refractivity contribution in [2.45, 2.75) is 278 Å². The summed E-state index contributed by atoms with van der Waals surface area (Å²) in [5, 5.41) is 0. The third kappa shape index (κ3) is 43.5. The van der Waals surface area contributed by atoms with E-state index < -0.39 is 6.10 Å². The van der Waals surface area contributed by atoms with Crippen molar-refractivity contribution in [3.8, 4) is 0 Å². The molecule has 0 rings (SSSR count). The van der Waals surface area contributed by atoms with E-state index in [-0.39, 0.29) is 31.1 Å². The highest BCUT2D eigenvalue weighted by molar-refractivity contribution is 5.71. The van der Waals surface area contributed by atoms with Crippen molar-refractivity contribution in [1.82, 2.24) is 0 Å². The summed E-state index contributed by atoms with van der Waals surface area (Å²) < 4.78 is 16.7. The predicted molar refractivity (Wildman–Crippen MR) is 238 cm³/mol. The molecular weight excluding hydrogens is 697 g/mol. The van der Waals surface area contributed by atoms with Gasteiger partial charge in [-0.2, -0.15) is 0 Å². The monoisotopic (exact) mass is 793 g/mol. The van der Waals surface area contributed by atoms with Gasteiger partial charge in [-0.15, -0.1) is 0 Å². The highest BCUT2D eigenvalue weighted by Crippen LogP contribution is 2.17. The predicted octanol–water partition coefficient (Wildman–Crippen LogP) is 15.8. The first-order valence-corrected chi connectivity index (χ1v) is 24.7. The largest absolute Gasteiger partial charge is 0.462 e. The molecule has 1 atom stereocenters. The van der Waals surface area contributed by atoms with E-state index in [2.05, 4.69) is 34.6 Å². The van der Waals surface area contributed by atoms with Gasteiger partial charge in [-0.05, 0) is 31.1 Å². The number of rotatable bonds is 44. The maximum Gasteiger partial charge on any atom is 0.306 e. The maximum atomic E-state index is 12.7. The second-order valence-corrected chi connectivity index (χ2v) is 18.1. The van der Waals surface area contributed by atoms with Crippen molar-refractivity contribution in [3.63, 3.8) is 0 Å². The van der Waals surface area contributed by atoms with E-state index in [0.29, 0.717) is 19.3 Å². The van der Waals surface area contributed by atoms with Crippen LogP contribution < -0.4 is 0 Å². The van der Waals surface area contributed by atoms with Gasteiger partial charge in [0.15, 0.2) is 6.10 Å². The molecule has 0 amide bonds. The third-order valence-electron chi connectivity index (χ3n) is 11.2. The molecule has 0 aliphatic rings. The van der Waals surface area contributed by atoms with Crippen LogP contribution in [0.3, 0.4) is 0 Å². The third-order valence-corrected chi connectivity index (χ3v) is 11.2. The standard InChI is InChI=1S/C50H96O6/c1-6-7-8-9-23-30-35-40-48(51)54-43-47(56-50(53)42-37-32-27-22-18-20-25-29-34-39-46(4)5)44-55-49(52)41-36-31-26-21-17-15-13-11-10-12-14-16-19-24-28-33-38-45(2)3/h45-47H,6-44H2,1-5H3/t47-/m1/s1. The Morgan fingerprint density at radius 2 is 0.589 bits per heavy atom. The number of esters is 3. The number of carbonyl (C=O) groups is 3. The van der Waals surface area contributed by atoms with Crippen LogP contribution in [0.4, 0.5) is 0 Å². The van der Waals surface area contributed by atoms with Gasteiger partial charge in [0.25, 0.3) is 0 Å². The maximum absolute atomic E-state index is 12.7. The number of ether oxygens (including phenoxy) is 3. The quantitative estimate of drug-likeness (QED) is 0.0347. The Bertz CT molecular complexity index is 854. The summed E-state index contributed by atoms with van der Waals surface area (Å²) in [5.74, 6) is 0.800. The summed E-state index contributed by atoms with van der Waals surface area (Å²) in [4.78, 5) is 37.7. The molecule has 0 aromatic carbocycles. The summed E-state index contributed by atoms with van der Waals surface area (Å²) in [6, 6.07) is 0. The lowest BCUT2D eigenvalue weighted by Crippen LogP contribution is -2.30. The van der Waals surface area contributed by atoms with Crippen molar-refractivity contribution >= 4 is 17.9 Å². The molecule has 0 aromatic heterocycles. The van der Waals surface area contributed by atoms with Crippen molar-refractivity contribution in [1.29, 1.82) is 0 Å². The van der Waals surface area contributed by atoms with Crippen LogP contribution in [0.25, 0.3) is 0 Å². The summed E-state index contributed by atoms with van der Waals surface area (Å²) in [6.45, 7) is 11.3. The van der Waals surface area contributed by atoms with Crippen molar-refractivity contribution in [3.05, 3.63) is 0 Å². The molecule has 332 valence electrons. The van der Waals surface area contributed by atoms with Crippen molar-refractivity contribution in [2.75, 3.05) is 13.2 Å². The van der Waals surface area contributed by atoms with Crippen molar-refractivity contribution < 1.29 is 28.6 Å². The molecule has 0 saturated carbocycles. The van der Waals surface area contributed by atoms with Gasteiger partial charge in [-0.1, -0.05) is 234 Å². The topological polar surface area (TPSA) is 78.9 Å². The molecule has 0 aromatic rings. The minimum absolute atomic E-state index is 0.0646. The van der Waals surface area contributed by atoms with E-state index in [1.807, 2.05) is 0 Å². The summed E-state index contributed by atoms with van der Waals surface area (Å²) >= 11 is 0. The van der Waals surface area contributed by atoms with E-state index in [1.165, 1.54) is 161 Å². The first-order valence-electron chi connectivity index (χ1n) is 24.7. The van der Waals surface area contributed by atoms with E-state index in [9.17, 15) is 14.4 Å². The zero-order valence-corrected chi connectivity index (χ0v) is 38.3. The summed E-state index contributed by atoms with van der Waals surface area (Å²) in [7, 11) is 0. The van der Waals surface area contributed by atoms with E-state index >= 15 is 0 Å². The van der Waals surface area contributed by atoms with E-state index in [1.54, 1.807) is 0 Å². The second-order valence-electron chi connectivity index (χ2n) is 18.1. The lowest BCUT2D eigenvalue weighted by molar-refractivity contribution is -0.167. The fraction of sp³-hybridized carbons (Fsp3) is 0.940. The molecule has 0 bridgehead atoms.